The molecule has 2 heterocycles. The molecule has 4 rings (SSSR count). The molecule has 0 spiro atoms. The van der Waals surface area contributed by atoms with Crippen LogP contribution in [0.2, 0.25) is 5.02 Å². The van der Waals surface area contributed by atoms with Crippen molar-refractivity contribution in [3.05, 3.63) is 64.2 Å². The predicted molar refractivity (Wildman–Crippen MR) is 163 cm³/mol. The fourth-order valence-corrected chi connectivity index (χ4v) is 6.21. The molecule has 2 fully saturated rings. The summed E-state index contributed by atoms with van der Waals surface area (Å²) in [5, 5.41) is 0.512. The van der Waals surface area contributed by atoms with E-state index in [-0.39, 0.29) is 6.61 Å². The number of hydrogen-bond acceptors (Lipinski definition) is 11. The van der Waals surface area contributed by atoms with Gasteiger partial charge in [0, 0.05) is 32.7 Å². The lowest BCUT2D eigenvalue weighted by Gasteiger charge is -2.44. The first kappa shape index (κ1) is 33.6. The highest BCUT2D eigenvalue weighted by atomic mass is 35.5. The molecule has 0 bridgehead atoms. The molecule has 0 saturated carbocycles. The Morgan fingerprint density at radius 2 is 1.48 bits per heavy atom. The zero-order chi connectivity index (χ0) is 31.8. The van der Waals surface area contributed by atoms with Crippen molar-refractivity contribution in [2.75, 3.05) is 24.7 Å². The van der Waals surface area contributed by atoms with Crippen LogP contribution in [0.3, 0.4) is 0 Å². The van der Waals surface area contributed by atoms with Gasteiger partial charge in [-0.1, -0.05) is 35.9 Å². The molecule has 238 valence electrons. The average molecular weight is 649 g/mol. The lowest BCUT2D eigenvalue weighted by atomic mass is 9.89. The molecule has 12 heteroatoms. The average Bonchev–Trinajstić information content (AvgIpc) is 2.92. The van der Waals surface area contributed by atoms with Crippen molar-refractivity contribution in [3.8, 4) is 5.75 Å². The van der Waals surface area contributed by atoms with Crippen LogP contribution in [0.5, 0.6) is 5.75 Å². The van der Waals surface area contributed by atoms with Crippen LogP contribution >= 0.6 is 23.4 Å². The Hall–Kier alpha value is -3.28. The van der Waals surface area contributed by atoms with Crippen molar-refractivity contribution in [1.29, 1.82) is 0 Å². The van der Waals surface area contributed by atoms with Crippen LogP contribution in [-0.4, -0.2) is 73.0 Å². The first-order chi connectivity index (χ1) is 21.0. The van der Waals surface area contributed by atoms with Crippen LogP contribution < -0.4 is 4.74 Å². The van der Waals surface area contributed by atoms with Crippen LogP contribution in [0.25, 0.3) is 0 Å². The number of halogens is 1. The quantitative estimate of drug-likeness (QED) is 0.231. The molecular weight excluding hydrogens is 612 g/mol. The minimum atomic E-state index is -1.26. The number of carbonyl (C=O) groups excluding carboxylic acids is 4. The number of rotatable bonds is 12. The molecule has 1 unspecified atom stereocenters. The molecule has 2 aromatic carbocycles. The summed E-state index contributed by atoms with van der Waals surface area (Å²) in [6, 6.07) is 13.1. The van der Waals surface area contributed by atoms with Crippen molar-refractivity contribution in [3.63, 3.8) is 0 Å². The Balaban J connectivity index is 1.60. The minimum absolute atomic E-state index is 0.303. The highest BCUT2D eigenvalue weighted by molar-refractivity contribution is 8.00. The summed E-state index contributed by atoms with van der Waals surface area (Å²) in [6.45, 7) is 5.19. The molecule has 2 aromatic rings. The molecule has 5 atom stereocenters. The molecule has 0 radical (unpaired) electrons. The third-order valence-corrected chi connectivity index (χ3v) is 8.99. The fraction of sp³-hybridized carbons (Fsp3) is 0.500. The van der Waals surface area contributed by atoms with Crippen molar-refractivity contribution in [2.45, 2.75) is 71.1 Å². The molecule has 10 nitrogen and oxygen atoms in total. The third kappa shape index (κ3) is 9.36. The Morgan fingerprint density at radius 1 is 0.841 bits per heavy atom. The molecule has 0 amide bonds. The molecule has 0 N–H and O–H groups in total. The maximum absolute atomic E-state index is 12.2. The van der Waals surface area contributed by atoms with Crippen LogP contribution in [-0.2, 0) is 49.3 Å². The van der Waals surface area contributed by atoms with E-state index in [0.29, 0.717) is 23.6 Å². The fourth-order valence-electron chi connectivity index (χ4n) is 5.12. The highest BCUT2D eigenvalue weighted by Crippen LogP contribution is 2.39. The second-order valence-corrected chi connectivity index (χ2v) is 12.3. The largest absolute Gasteiger partial charge is 0.494 e. The van der Waals surface area contributed by atoms with E-state index in [0.717, 1.165) is 29.2 Å². The lowest BCUT2D eigenvalue weighted by Crippen LogP contribution is -2.59. The zero-order valence-electron chi connectivity index (χ0n) is 25.1. The third-order valence-electron chi connectivity index (χ3n) is 7.21. The highest BCUT2D eigenvalue weighted by Gasteiger charge is 2.52. The van der Waals surface area contributed by atoms with Gasteiger partial charge in [0.2, 0.25) is 0 Å². The van der Waals surface area contributed by atoms with Gasteiger partial charge in [-0.3, -0.25) is 19.2 Å². The van der Waals surface area contributed by atoms with Crippen LogP contribution in [0, 0.1) is 5.92 Å². The van der Waals surface area contributed by atoms with E-state index in [4.69, 9.17) is 40.0 Å². The first-order valence-corrected chi connectivity index (χ1v) is 15.9. The number of thioether (sulfide) groups is 1. The first-order valence-electron chi connectivity index (χ1n) is 14.4. The topological polar surface area (TPSA) is 124 Å². The second-order valence-electron chi connectivity index (χ2n) is 10.8. The Kier molecular flexibility index (Phi) is 11.9. The van der Waals surface area contributed by atoms with Gasteiger partial charge in [-0.2, -0.15) is 11.8 Å². The van der Waals surface area contributed by atoms with Crippen molar-refractivity contribution >= 4 is 47.2 Å². The van der Waals surface area contributed by atoms with E-state index in [1.807, 2.05) is 42.1 Å². The standard InChI is InChI=1S/C32H37ClO10S/c1-18(34)39-15-28-30(40-19(2)35)32(42-21(4)37)31(41-20(3)36)29(43-28)24-7-10-27(33)25(14-24)13-22-5-8-26(9-6-22)38-12-11-23-16-44-17-23/h5-10,14,23,28-32H,11-13,15-17H2,1-4H3/t28-,29+,30-,31+,32?/m1/s1. The minimum Gasteiger partial charge on any atom is -0.494 e. The summed E-state index contributed by atoms with van der Waals surface area (Å²) in [4.78, 5) is 48.1. The summed E-state index contributed by atoms with van der Waals surface area (Å²) in [5.41, 5.74) is 2.33. The summed E-state index contributed by atoms with van der Waals surface area (Å²) >= 11 is 8.57. The summed E-state index contributed by atoms with van der Waals surface area (Å²) in [6.07, 6.45) is -4.17. The van der Waals surface area contributed by atoms with Crippen LogP contribution in [0.15, 0.2) is 42.5 Å². The molecule has 44 heavy (non-hydrogen) atoms. The van der Waals surface area contributed by atoms with E-state index in [1.54, 1.807) is 12.1 Å². The van der Waals surface area contributed by atoms with Crippen LogP contribution in [0.1, 0.15) is 56.9 Å². The second kappa shape index (κ2) is 15.6. The van der Waals surface area contributed by atoms with Crippen LogP contribution in [0.4, 0.5) is 0 Å². The predicted octanol–water partition coefficient (Wildman–Crippen LogP) is 4.86. The smallest absolute Gasteiger partial charge is 0.303 e. The Labute approximate surface area is 266 Å². The SMILES string of the molecule is CC(=O)OC[C@H]1O[C@@H](c2ccc(Cl)c(Cc3ccc(OCCC4CSC4)cc3)c2)[C@H](OC(C)=O)C(OC(C)=O)[C@@H]1OC(C)=O. The number of esters is 4. The van der Waals surface area contributed by atoms with E-state index in [9.17, 15) is 19.2 Å². The molecule has 2 aliphatic heterocycles. The molecule has 0 aliphatic carbocycles. The van der Waals surface area contributed by atoms with Gasteiger partial charge < -0.3 is 28.4 Å². The van der Waals surface area contributed by atoms with Gasteiger partial charge in [-0.25, -0.2) is 0 Å². The Bertz CT molecular complexity index is 1330. The van der Waals surface area contributed by atoms with Crippen molar-refractivity contribution in [1.82, 2.24) is 0 Å². The van der Waals surface area contributed by atoms with E-state index in [1.165, 1.54) is 39.2 Å². The van der Waals surface area contributed by atoms with Gasteiger partial charge in [0.15, 0.2) is 18.3 Å². The monoisotopic (exact) mass is 648 g/mol. The Morgan fingerprint density at radius 3 is 2.07 bits per heavy atom. The number of carbonyl (C=O) groups is 4. The van der Waals surface area contributed by atoms with E-state index in [2.05, 4.69) is 0 Å². The zero-order valence-corrected chi connectivity index (χ0v) is 26.7. The number of ether oxygens (including phenoxy) is 6. The van der Waals surface area contributed by atoms with Gasteiger partial charge in [0.1, 0.15) is 24.6 Å². The van der Waals surface area contributed by atoms with Gasteiger partial charge in [-0.15, -0.1) is 0 Å². The summed E-state index contributed by atoms with van der Waals surface area (Å²) < 4.78 is 34.1. The normalized spacial score (nSPS) is 23.2. The number of benzene rings is 2. The van der Waals surface area contributed by atoms with Gasteiger partial charge in [-0.05, 0) is 65.2 Å². The van der Waals surface area contributed by atoms with E-state index >= 15 is 0 Å². The molecular formula is C32H37ClO10S. The summed E-state index contributed by atoms with van der Waals surface area (Å²) in [5.74, 6) is 1.34. The van der Waals surface area contributed by atoms with Crippen molar-refractivity contribution < 1.29 is 47.6 Å². The van der Waals surface area contributed by atoms with Gasteiger partial charge in [0.05, 0.1) is 6.61 Å². The maximum Gasteiger partial charge on any atom is 0.303 e. The van der Waals surface area contributed by atoms with Gasteiger partial charge in [0.25, 0.3) is 0 Å². The molecule has 0 aromatic heterocycles. The maximum atomic E-state index is 12.2. The molecule has 2 aliphatic rings. The van der Waals surface area contributed by atoms with Crippen molar-refractivity contribution in [2.24, 2.45) is 5.92 Å². The molecule has 2 saturated heterocycles. The lowest BCUT2D eigenvalue weighted by molar-refractivity contribution is -0.254. The number of hydrogen-bond donors (Lipinski definition) is 0. The van der Waals surface area contributed by atoms with Gasteiger partial charge >= 0.3 is 23.9 Å². The summed E-state index contributed by atoms with van der Waals surface area (Å²) in [7, 11) is 0. The van der Waals surface area contributed by atoms with E-state index < -0.39 is 54.4 Å².